The molecule has 0 spiro atoms. The van der Waals surface area contributed by atoms with Crippen molar-refractivity contribution in [2.75, 3.05) is 0 Å². The van der Waals surface area contributed by atoms with Crippen LogP contribution < -0.4 is 0 Å². The first-order valence-corrected chi connectivity index (χ1v) is 4.60. The minimum absolute atomic E-state index is 0.611. The average molecular weight is 166 g/mol. The van der Waals surface area contributed by atoms with E-state index in [2.05, 4.69) is 19.9 Å². The third-order valence-electron chi connectivity index (χ3n) is 2.08. The van der Waals surface area contributed by atoms with Gasteiger partial charge < -0.3 is 5.11 Å². The maximum Gasteiger partial charge on any atom is 0.0837 e. The van der Waals surface area contributed by atoms with Crippen LogP contribution in [0, 0.1) is 5.92 Å². The smallest absolute Gasteiger partial charge is 0.0837 e. The molecule has 0 heterocycles. The van der Waals surface area contributed by atoms with E-state index < -0.39 is 5.60 Å². The van der Waals surface area contributed by atoms with E-state index in [0.29, 0.717) is 5.92 Å². The predicted octanol–water partition coefficient (Wildman–Crippen LogP) is 2.67. The molecule has 0 amide bonds. The van der Waals surface area contributed by atoms with Crippen LogP contribution in [0.4, 0.5) is 0 Å². The fraction of sp³-hybridized carbons (Fsp3) is 0.636. The topological polar surface area (TPSA) is 20.2 Å². The zero-order chi connectivity index (χ0) is 9.19. The lowest BCUT2D eigenvalue weighted by Gasteiger charge is -2.21. The lowest BCUT2D eigenvalue weighted by Crippen LogP contribution is -2.21. The summed E-state index contributed by atoms with van der Waals surface area (Å²) in [5.74, 6) is 0.698. The summed E-state index contributed by atoms with van der Waals surface area (Å²) in [6.07, 6.45) is 7.95. The van der Waals surface area contributed by atoms with Gasteiger partial charge in [0.05, 0.1) is 5.60 Å². The van der Waals surface area contributed by atoms with Gasteiger partial charge in [0.2, 0.25) is 0 Å². The van der Waals surface area contributed by atoms with Crippen molar-refractivity contribution in [1.82, 2.24) is 0 Å². The van der Waals surface area contributed by atoms with Gasteiger partial charge in [-0.05, 0) is 25.7 Å². The van der Waals surface area contributed by atoms with Crippen molar-refractivity contribution in [3.8, 4) is 0 Å². The minimum atomic E-state index is -0.611. The molecule has 1 heteroatoms. The Hall–Kier alpha value is -0.560. The maximum atomic E-state index is 9.59. The molecule has 1 unspecified atom stereocenters. The van der Waals surface area contributed by atoms with E-state index in [-0.39, 0.29) is 0 Å². The van der Waals surface area contributed by atoms with Gasteiger partial charge in [-0.15, -0.1) is 0 Å². The summed E-state index contributed by atoms with van der Waals surface area (Å²) < 4.78 is 0. The monoisotopic (exact) mass is 166 g/mol. The molecule has 1 nitrogen and oxygen atoms in total. The van der Waals surface area contributed by atoms with E-state index >= 15 is 0 Å². The third kappa shape index (κ3) is 2.82. The third-order valence-corrected chi connectivity index (χ3v) is 2.08. The molecule has 12 heavy (non-hydrogen) atoms. The van der Waals surface area contributed by atoms with Crippen LogP contribution in [0.5, 0.6) is 0 Å². The number of rotatable bonds is 2. The molecule has 0 aromatic heterocycles. The fourth-order valence-corrected chi connectivity index (χ4v) is 1.38. The van der Waals surface area contributed by atoms with Crippen LogP contribution in [0.1, 0.15) is 33.6 Å². The lowest BCUT2D eigenvalue weighted by molar-refractivity contribution is 0.113. The summed E-state index contributed by atoms with van der Waals surface area (Å²) in [5.41, 5.74) is 0.747. The van der Waals surface area contributed by atoms with Gasteiger partial charge in [0.25, 0.3) is 0 Å². The van der Waals surface area contributed by atoms with E-state index in [1.807, 2.05) is 19.1 Å². The molecule has 0 bridgehead atoms. The number of hydrogen-bond donors (Lipinski definition) is 1. The summed E-state index contributed by atoms with van der Waals surface area (Å²) in [6, 6.07) is 0. The number of hydrogen-bond acceptors (Lipinski definition) is 1. The molecule has 1 N–H and O–H groups in total. The van der Waals surface area contributed by atoms with E-state index in [4.69, 9.17) is 0 Å². The summed E-state index contributed by atoms with van der Waals surface area (Å²) in [5, 5.41) is 9.59. The van der Waals surface area contributed by atoms with E-state index in [0.717, 1.165) is 12.8 Å². The highest BCUT2D eigenvalue weighted by Gasteiger charge is 2.17. The van der Waals surface area contributed by atoms with Gasteiger partial charge in [-0.2, -0.15) is 0 Å². The van der Waals surface area contributed by atoms with Crippen molar-refractivity contribution in [3.05, 3.63) is 23.8 Å². The molecule has 0 aliphatic heterocycles. The van der Waals surface area contributed by atoms with Crippen LogP contribution in [0.15, 0.2) is 23.8 Å². The predicted molar refractivity (Wildman–Crippen MR) is 51.9 cm³/mol. The van der Waals surface area contributed by atoms with Crippen molar-refractivity contribution >= 4 is 0 Å². The molecule has 0 saturated heterocycles. The normalized spacial score (nSPS) is 29.2. The van der Waals surface area contributed by atoms with Crippen LogP contribution in [0.3, 0.4) is 0 Å². The zero-order valence-corrected chi connectivity index (χ0v) is 8.17. The summed E-state index contributed by atoms with van der Waals surface area (Å²) in [7, 11) is 0. The maximum absolute atomic E-state index is 9.59. The Morgan fingerprint density at radius 1 is 1.58 bits per heavy atom. The van der Waals surface area contributed by atoms with Gasteiger partial charge in [-0.1, -0.05) is 37.6 Å². The Balaban J connectivity index is 2.53. The average Bonchev–Trinajstić information content (AvgIpc) is 1.93. The SMILES string of the molecule is CC(C)CC1=CCC(C)(O)C=C1. The van der Waals surface area contributed by atoms with Crippen molar-refractivity contribution in [1.29, 1.82) is 0 Å². The van der Waals surface area contributed by atoms with Crippen molar-refractivity contribution in [2.24, 2.45) is 5.92 Å². The summed E-state index contributed by atoms with van der Waals surface area (Å²) in [6.45, 7) is 6.26. The second kappa shape index (κ2) is 3.44. The molecule has 1 rings (SSSR count). The molecular weight excluding hydrogens is 148 g/mol. The second-order valence-corrected chi connectivity index (χ2v) is 4.27. The quantitative estimate of drug-likeness (QED) is 0.668. The Morgan fingerprint density at radius 2 is 2.25 bits per heavy atom. The molecule has 0 aromatic rings. The van der Waals surface area contributed by atoms with Crippen molar-refractivity contribution in [3.63, 3.8) is 0 Å². The zero-order valence-electron chi connectivity index (χ0n) is 8.17. The molecular formula is C11H18O. The van der Waals surface area contributed by atoms with Crippen LogP contribution in [0.2, 0.25) is 0 Å². The Morgan fingerprint density at radius 3 is 2.67 bits per heavy atom. The van der Waals surface area contributed by atoms with Crippen molar-refractivity contribution in [2.45, 2.75) is 39.2 Å². The Labute approximate surface area is 74.8 Å². The first-order valence-electron chi connectivity index (χ1n) is 4.60. The molecule has 0 fully saturated rings. The molecule has 68 valence electrons. The molecule has 1 atom stereocenters. The van der Waals surface area contributed by atoms with Gasteiger partial charge in [0.15, 0.2) is 0 Å². The highest BCUT2D eigenvalue weighted by Crippen LogP contribution is 2.23. The molecule has 1 aliphatic carbocycles. The summed E-state index contributed by atoms with van der Waals surface area (Å²) >= 11 is 0. The Bertz CT molecular complexity index is 209. The second-order valence-electron chi connectivity index (χ2n) is 4.27. The molecule has 0 aromatic carbocycles. The first kappa shape index (κ1) is 9.53. The van der Waals surface area contributed by atoms with Gasteiger partial charge in [0, 0.05) is 0 Å². The molecule has 0 saturated carbocycles. The molecule has 1 aliphatic rings. The fourth-order valence-electron chi connectivity index (χ4n) is 1.38. The van der Waals surface area contributed by atoms with Gasteiger partial charge in [-0.25, -0.2) is 0 Å². The van der Waals surface area contributed by atoms with Crippen LogP contribution in [-0.2, 0) is 0 Å². The van der Waals surface area contributed by atoms with Crippen LogP contribution in [-0.4, -0.2) is 10.7 Å². The van der Waals surface area contributed by atoms with E-state index in [1.54, 1.807) is 0 Å². The lowest BCUT2D eigenvalue weighted by atomic mass is 9.91. The number of aliphatic hydroxyl groups is 1. The van der Waals surface area contributed by atoms with Crippen LogP contribution in [0.25, 0.3) is 0 Å². The van der Waals surface area contributed by atoms with Gasteiger partial charge >= 0.3 is 0 Å². The van der Waals surface area contributed by atoms with E-state index in [1.165, 1.54) is 5.57 Å². The minimum Gasteiger partial charge on any atom is -0.386 e. The van der Waals surface area contributed by atoms with Gasteiger partial charge in [0.1, 0.15) is 0 Å². The standard InChI is InChI=1S/C11H18O/c1-9(2)8-10-4-6-11(3,12)7-5-10/h4-6,9,12H,7-8H2,1-3H3. The van der Waals surface area contributed by atoms with Gasteiger partial charge in [-0.3, -0.25) is 0 Å². The van der Waals surface area contributed by atoms with Crippen LogP contribution >= 0.6 is 0 Å². The Kier molecular flexibility index (Phi) is 2.73. The highest BCUT2D eigenvalue weighted by atomic mass is 16.3. The largest absolute Gasteiger partial charge is 0.386 e. The highest BCUT2D eigenvalue weighted by molar-refractivity contribution is 5.27. The molecule has 0 radical (unpaired) electrons. The number of allylic oxidation sites excluding steroid dienone is 2. The summed E-state index contributed by atoms with van der Waals surface area (Å²) in [4.78, 5) is 0. The van der Waals surface area contributed by atoms with Crippen molar-refractivity contribution < 1.29 is 5.11 Å². The first-order chi connectivity index (χ1) is 5.49. The van der Waals surface area contributed by atoms with E-state index in [9.17, 15) is 5.11 Å².